The van der Waals surface area contributed by atoms with E-state index >= 15 is 4.39 Å². The molecule has 35 heavy (non-hydrogen) atoms. The molecule has 4 atom stereocenters. The number of amides is 2. The van der Waals surface area contributed by atoms with Gasteiger partial charge in [-0.3, -0.25) is 9.69 Å². The summed E-state index contributed by atoms with van der Waals surface area (Å²) in [5, 5.41) is 9.70. The van der Waals surface area contributed by atoms with Gasteiger partial charge in [0.05, 0.1) is 24.9 Å². The van der Waals surface area contributed by atoms with Crippen LogP contribution in [0.5, 0.6) is 0 Å². The third-order valence-electron chi connectivity index (χ3n) is 7.61. The third kappa shape index (κ3) is 3.70. The van der Waals surface area contributed by atoms with Gasteiger partial charge in [-0.15, -0.1) is 0 Å². The Hall–Kier alpha value is -2.97. The smallest absolute Gasteiger partial charge is 0.414 e. The molecule has 0 aliphatic carbocycles. The van der Waals surface area contributed by atoms with Gasteiger partial charge < -0.3 is 19.5 Å². The maximum atomic E-state index is 15.5. The summed E-state index contributed by atoms with van der Waals surface area (Å²) in [4.78, 5) is 29.7. The highest BCUT2D eigenvalue weighted by Gasteiger charge is 2.66. The molecule has 0 unspecified atom stereocenters. The number of rotatable bonds is 6. The molecule has 7 nitrogen and oxygen atoms in total. The Labute approximate surface area is 204 Å². The first kappa shape index (κ1) is 23.8. The topological polar surface area (TPSA) is 79.3 Å². The number of carbonyl (C=O) groups excluding carboxylic acids is 2. The number of benzene rings is 2. The second-order valence-corrected chi connectivity index (χ2v) is 10.1. The minimum Gasteiger partial charge on any atom is -0.447 e. The number of nitrogens with zero attached hydrogens (tertiary/aromatic N) is 2. The predicted molar refractivity (Wildman–Crippen MR) is 129 cm³/mol. The van der Waals surface area contributed by atoms with Gasteiger partial charge >= 0.3 is 6.09 Å². The summed E-state index contributed by atoms with van der Waals surface area (Å²) in [7, 11) is 0. The standard InChI is InChI=1S/C27H31FN2O5/c1-17-23(26(2,3)28)22(11-13-31)35-27(17)20-15-19(29-12-14-34-25(29)33)9-10-21(20)30(24(27)32)16-18-7-5-4-6-8-18/h4-10,15,17,22-23,31H,11-14,16H2,1-3H3/t17-,22+,23-,27+/m1/s1. The van der Waals surface area contributed by atoms with Crippen molar-refractivity contribution in [2.75, 3.05) is 29.6 Å². The van der Waals surface area contributed by atoms with Crippen molar-refractivity contribution in [1.82, 2.24) is 0 Å². The van der Waals surface area contributed by atoms with Crippen molar-refractivity contribution in [1.29, 1.82) is 0 Å². The van der Waals surface area contributed by atoms with E-state index in [4.69, 9.17) is 9.47 Å². The molecule has 3 aliphatic rings. The minimum atomic E-state index is -1.63. The Morgan fingerprint density at radius 2 is 1.91 bits per heavy atom. The van der Waals surface area contributed by atoms with Crippen LogP contribution in [-0.2, 0) is 26.4 Å². The van der Waals surface area contributed by atoms with E-state index in [0.29, 0.717) is 36.6 Å². The highest BCUT2D eigenvalue weighted by atomic mass is 19.1. The summed E-state index contributed by atoms with van der Waals surface area (Å²) < 4.78 is 27.2. The molecule has 8 heteroatoms. The fourth-order valence-corrected chi connectivity index (χ4v) is 6.15. The van der Waals surface area contributed by atoms with Crippen LogP contribution in [0.25, 0.3) is 0 Å². The molecule has 2 aromatic rings. The Balaban J connectivity index is 1.65. The lowest BCUT2D eigenvalue weighted by Crippen LogP contribution is -2.45. The average Bonchev–Trinajstić information content (AvgIpc) is 3.44. The summed E-state index contributed by atoms with van der Waals surface area (Å²) in [5.41, 5.74) is -0.183. The van der Waals surface area contributed by atoms with E-state index in [0.717, 1.165) is 5.56 Å². The molecule has 0 bridgehead atoms. The van der Waals surface area contributed by atoms with E-state index in [1.807, 2.05) is 49.4 Å². The molecule has 0 saturated carbocycles. The molecule has 2 amide bonds. The van der Waals surface area contributed by atoms with Crippen LogP contribution in [0, 0.1) is 11.8 Å². The average molecular weight is 483 g/mol. The van der Waals surface area contributed by atoms with Crippen LogP contribution < -0.4 is 9.80 Å². The van der Waals surface area contributed by atoms with Gasteiger partial charge in [0.2, 0.25) is 0 Å². The summed E-state index contributed by atoms with van der Waals surface area (Å²) in [6.45, 7) is 5.73. The van der Waals surface area contributed by atoms with Gasteiger partial charge in [-0.05, 0) is 44.0 Å². The Morgan fingerprint density at radius 1 is 1.17 bits per heavy atom. The molecular weight excluding hydrogens is 451 g/mol. The molecule has 1 spiro atoms. The highest BCUT2D eigenvalue weighted by molar-refractivity contribution is 6.08. The normalized spacial score (nSPS) is 28.2. The van der Waals surface area contributed by atoms with Crippen molar-refractivity contribution < 1.29 is 28.6 Å². The molecule has 1 N–H and O–H groups in total. The van der Waals surface area contributed by atoms with Gasteiger partial charge in [0.1, 0.15) is 12.3 Å². The quantitative estimate of drug-likeness (QED) is 0.669. The van der Waals surface area contributed by atoms with Crippen molar-refractivity contribution in [3.63, 3.8) is 0 Å². The number of aliphatic hydroxyl groups excluding tert-OH is 1. The molecule has 2 fully saturated rings. The van der Waals surface area contributed by atoms with E-state index < -0.39 is 35.3 Å². The molecule has 0 aromatic heterocycles. The van der Waals surface area contributed by atoms with Crippen LogP contribution in [0.3, 0.4) is 0 Å². The third-order valence-corrected chi connectivity index (χ3v) is 7.61. The van der Waals surface area contributed by atoms with Crippen molar-refractivity contribution in [3.8, 4) is 0 Å². The molecule has 0 radical (unpaired) electrons. The first-order valence-electron chi connectivity index (χ1n) is 12.1. The number of aliphatic hydroxyl groups is 1. The van der Waals surface area contributed by atoms with Gasteiger partial charge in [0.15, 0.2) is 5.60 Å². The lowest BCUT2D eigenvalue weighted by Gasteiger charge is -2.32. The number of hydrogen-bond acceptors (Lipinski definition) is 5. The molecule has 2 saturated heterocycles. The second kappa shape index (κ2) is 8.60. The van der Waals surface area contributed by atoms with Gasteiger partial charge in [0, 0.05) is 29.7 Å². The highest BCUT2D eigenvalue weighted by Crippen LogP contribution is 2.59. The van der Waals surface area contributed by atoms with Crippen LogP contribution in [-0.4, -0.2) is 48.6 Å². The number of cyclic esters (lactones) is 1. The Kier molecular flexibility index (Phi) is 5.84. The SMILES string of the molecule is C[C@@H]1[C@@H](C(C)(C)F)[C@H](CCO)O[C@@]12C(=O)N(Cc1ccccc1)c1ccc(N3CCOC3=O)cc12. The zero-order valence-corrected chi connectivity index (χ0v) is 20.2. The fraction of sp³-hybridized carbons (Fsp3) is 0.481. The van der Waals surface area contributed by atoms with Gasteiger partial charge in [-0.2, -0.15) is 0 Å². The van der Waals surface area contributed by atoms with Crippen molar-refractivity contribution in [3.05, 3.63) is 59.7 Å². The summed E-state index contributed by atoms with van der Waals surface area (Å²) in [5.74, 6) is -1.37. The van der Waals surface area contributed by atoms with Crippen LogP contribution in [0.15, 0.2) is 48.5 Å². The largest absolute Gasteiger partial charge is 0.447 e. The van der Waals surface area contributed by atoms with Gasteiger partial charge in [-0.1, -0.05) is 37.3 Å². The van der Waals surface area contributed by atoms with E-state index in [2.05, 4.69) is 0 Å². The number of halogens is 1. The number of anilines is 2. The summed E-state index contributed by atoms with van der Waals surface area (Å²) in [6.07, 6.45) is -0.849. The van der Waals surface area contributed by atoms with E-state index in [1.54, 1.807) is 11.0 Å². The first-order valence-corrected chi connectivity index (χ1v) is 12.1. The van der Waals surface area contributed by atoms with Gasteiger partial charge in [-0.25, -0.2) is 9.18 Å². The first-order chi connectivity index (χ1) is 16.7. The minimum absolute atomic E-state index is 0.172. The van der Waals surface area contributed by atoms with Gasteiger partial charge in [0.25, 0.3) is 5.91 Å². The molecular formula is C27H31FN2O5. The number of hydrogen-bond donors (Lipinski definition) is 1. The maximum absolute atomic E-state index is 15.5. The fourth-order valence-electron chi connectivity index (χ4n) is 6.15. The summed E-state index contributed by atoms with van der Waals surface area (Å²) >= 11 is 0. The Bertz CT molecular complexity index is 1130. The van der Waals surface area contributed by atoms with Crippen LogP contribution >= 0.6 is 0 Å². The molecule has 3 heterocycles. The van der Waals surface area contributed by atoms with Crippen LogP contribution in [0.4, 0.5) is 20.6 Å². The maximum Gasteiger partial charge on any atom is 0.414 e. The second-order valence-electron chi connectivity index (χ2n) is 10.1. The van der Waals surface area contributed by atoms with Crippen molar-refractivity contribution >= 4 is 23.4 Å². The molecule has 2 aromatic carbocycles. The lowest BCUT2D eigenvalue weighted by molar-refractivity contribution is -0.146. The predicted octanol–water partition coefficient (Wildman–Crippen LogP) is 4.17. The number of fused-ring (bicyclic) bond motifs is 2. The number of ether oxygens (including phenoxy) is 2. The van der Waals surface area contributed by atoms with Crippen molar-refractivity contribution in [2.24, 2.45) is 11.8 Å². The van der Waals surface area contributed by atoms with E-state index in [-0.39, 0.29) is 18.9 Å². The summed E-state index contributed by atoms with van der Waals surface area (Å²) in [6, 6.07) is 15.1. The van der Waals surface area contributed by atoms with E-state index in [9.17, 15) is 14.7 Å². The zero-order chi connectivity index (χ0) is 25.0. The van der Waals surface area contributed by atoms with Crippen LogP contribution in [0.2, 0.25) is 0 Å². The molecule has 5 rings (SSSR count). The molecule has 186 valence electrons. The lowest BCUT2D eigenvalue weighted by atomic mass is 9.71. The number of carbonyl (C=O) groups is 2. The Morgan fingerprint density at radius 3 is 2.54 bits per heavy atom. The number of alkyl halides is 1. The monoisotopic (exact) mass is 482 g/mol. The molecule has 3 aliphatic heterocycles. The van der Waals surface area contributed by atoms with Crippen LogP contribution in [0.1, 0.15) is 38.3 Å². The zero-order valence-electron chi connectivity index (χ0n) is 20.2. The van der Waals surface area contributed by atoms with Crippen molar-refractivity contribution in [2.45, 2.75) is 51.1 Å². The van der Waals surface area contributed by atoms with E-state index in [1.165, 1.54) is 18.7 Å².